The first-order chi connectivity index (χ1) is 11.0. The average Bonchev–Trinajstić information content (AvgIpc) is 2.97. The van der Waals surface area contributed by atoms with Crippen molar-refractivity contribution in [1.82, 2.24) is 0 Å². The van der Waals surface area contributed by atoms with Crippen LogP contribution in [0.25, 0.3) is 0 Å². The van der Waals surface area contributed by atoms with Crippen LogP contribution < -0.4 is 14.2 Å². The van der Waals surface area contributed by atoms with Crippen LogP contribution >= 0.6 is 0 Å². The summed E-state index contributed by atoms with van der Waals surface area (Å²) in [6.07, 6.45) is 0.150. The largest absolute Gasteiger partial charge is 0.508 e. The lowest BCUT2D eigenvalue weighted by Crippen LogP contribution is -2.43. The minimum atomic E-state index is -1.45. The van der Waals surface area contributed by atoms with E-state index in [1.54, 1.807) is 30.3 Å². The van der Waals surface area contributed by atoms with Crippen molar-refractivity contribution in [2.45, 2.75) is 18.9 Å². The van der Waals surface area contributed by atoms with Crippen LogP contribution in [0.5, 0.6) is 23.0 Å². The molecule has 3 rings (SSSR count). The van der Waals surface area contributed by atoms with Gasteiger partial charge in [0.15, 0.2) is 11.5 Å². The van der Waals surface area contributed by atoms with Crippen molar-refractivity contribution in [3.05, 3.63) is 48.0 Å². The third-order valence-electron chi connectivity index (χ3n) is 3.62. The Morgan fingerprint density at radius 3 is 2.57 bits per heavy atom. The average molecular weight is 316 g/mol. The van der Waals surface area contributed by atoms with E-state index in [-0.39, 0.29) is 19.0 Å². The third kappa shape index (κ3) is 3.15. The van der Waals surface area contributed by atoms with Crippen molar-refractivity contribution in [1.29, 1.82) is 0 Å². The summed E-state index contributed by atoms with van der Waals surface area (Å²) in [7, 11) is 0. The van der Waals surface area contributed by atoms with E-state index in [1.165, 1.54) is 19.1 Å². The number of benzene rings is 2. The van der Waals surface area contributed by atoms with Crippen LogP contribution in [-0.2, 0) is 11.2 Å². The molecule has 0 bridgehead atoms. The predicted molar refractivity (Wildman–Crippen MR) is 81.0 cm³/mol. The smallest absolute Gasteiger partial charge is 0.348 e. The molecule has 0 saturated heterocycles. The standard InChI is InChI=1S/C17H16O6/c1-17(16(19)20,9-11-2-4-12(18)5-3-11)23-13-6-7-14-15(8-13)22-10-21-14/h2-8,18H,9-10H2,1H3,(H,19,20). The summed E-state index contributed by atoms with van der Waals surface area (Å²) in [4.78, 5) is 11.7. The predicted octanol–water partition coefficient (Wildman–Crippen LogP) is 2.59. The Morgan fingerprint density at radius 1 is 1.17 bits per heavy atom. The highest BCUT2D eigenvalue weighted by Crippen LogP contribution is 2.36. The number of hydrogen-bond donors (Lipinski definition) is 2. The van der Waals surface area contributed by atoms with Crippen molar-refractivity contribution >= 4 is 5.97 Å². The fourth-order valence-corrected chi connectivity index (χ4v) is 2.36. The number of fused-ring (bicyclic) bond motifs is 1. The van der Waals surface area contributed by atoms with Gasteiger partial charge in [0.05, 0.1) is 0 Å². The molecular formula is C17H16O6. The van der Waals surface area contributed by atoms with Gasteiger partial charge in [-0.1, -0.05) is 12.1 Å². The SMILES string of the molecule is CC(Cc1ccc(O)cc1)(Oc1ccc2c(c1)OCO2)C(=O)O. The number of carbonyl (C=O) groups is 1. The maximum atomic E-state index is 11.7. The Balaban J connectivity index is 1.83. The summed E-state index contributed by atoms with van der Waals surface area (Å²) in [5.74, 6) is 0.566. The summed E-state index contributed by atoms with van der Waals surface area (Å²) in [6, 6.07) is 11.3. The lowest BCUT2D eigenvalue weighted by atomic mass is 9.96. The number of hydrogen-bond acceptors (Lipinski definition) is 5. The number of ether oxygens (including phenoxy) is 3. The summed E-state index contributed by atoms with van der Waals surface area (Å²) < 4.78 is 16.2. The fourth-order valence-electron chi connectivity index (χ4n) is 2.36. The molecular weight excluding hydrogens is 300 g/mol. The zero-order valence-corrected chi connectivity index (χ0v) is 12.5. The van der Waals surface area contributed by atoms with Crippen molar-refractivity contribution in [2.24, 2.45) is 0 Å². The van der Waals surface area contributed by atoms with Crippen LogP contribution in [0.15, 0.2) is 42.5 Å². The second kappa shape index (κ2) is 5.72. The third-order valence-corrected chi connectivity index (χ3v) is 3.62. The van der Waals surface area contributed by atoms with Gasteiger partial charge < -0.3 is 24.4 Å². The van der Waals surface area contributed by atoms with Crippen LogP contribution in [0.3, 0.4) is 0 Å². The van der Waals surface area contributed by atoms with Crippen LogP contribution in [-0.4, -0.2) is 28.6 Å². The maximum Gasteiger partial charge on any atom is 0.348 e. The molecule has 2 N–H and O–H groups in total. The van der Waals surface area contributed by atoms with Gasteiger partial charge in [-0.05, 0) is 36.8 Å². The highest BCUT2D eigenvalue weighted by molar-refractivity contribution is 5.78. The number of rotatable bonds is 5. The molecule has 0 aliphatic carbocycles. The molecule has 2 aromatic rings. The molecule has 0 amide bonds. The molecule has 120 valence electrons. The number of phenolic OH excluding ortho intramolecular Hbond substituents is 1. The summed E-state index contributed by atoms with van der Waals surface area (Å²) in [5, 5.41) is 18.9. The number of phenols is 1. The number of carboxylic acid groups (broad SMARTS) is 1. The van der Waals surface area contributed by atoms with E-state index in [0.29, 0.717) is 17.2 Å². The second-order valence-corrected chi connectivity index (χ2v) is 5.50. The Hall–Kier alpha value is -2.89. The van der Waals surface area contributed by atoms with Crippen LogP contribution in [0.2, 0.25) is 0 Å². The molecule has 1 unspecified atom stereocenters. The van der Waals surface area contributed by atoms with Gasteiger partial charge in [0.1, 0.15) is 11.5 Å². The van der Waals surface area contributed by atoms with Gasteiger partial charge in [0.2, 0.25) is 12.4 Å². The highest BCUT2D eigenvalue weighted by atomic mass is 16.7. The Kier molecular flexibility index (Phi) is 3.73. The quantitative estimate of drug-likeness (QED) is 0.882. The monoisotopic (exact) mass is 316 g/mol. The van der Waals surface area contributed by atoms with Crippen molar-refractivity contribution in [3.8, 4) is 23.0 Å². The molecule has 0 saturated carbocycles. The van der Waals surface area contributed by atoms with Crippen molar-refractivity contribution in [2.75, 3.05) is 6.79 Å². The Labute approximate surface area is 132 Å². The fraction of sp³-hybridized carbons (Fsp3) is 0.235. The lowest BCUT2D eigenvalue weighted by molar-refractivity contribution is -0.153. The molecule has 0 aromatic heterocycles. The van der Waals surface area contributed by atoms with E-state index in [9.17, 15) is 15.0 Å². The number of carboxylic acids is 1. The van der Waals surface area contributed by atoms with E-state index in [2.05, 4.69) is 0 Å². The zero-order chi connectivity index (χ0) is 16.4. The minimum Gasteiger partial charge on any atom is -0.508 e. The van der Waals surface area contributed by atoms with Gasteiger partial charge in [-0.3, -0.25) is 0 Å². The summed E-state index contributed by atoms with van der Waals surface area (Å²) in [6.45, 7) is 1.65. The second-order valence-electron chi connectivity index (χ2n) is 5.50. The zero-order valence-electron chi connectivity index (χ0n) is 12.5. The normalized spacial score (nSPS) is 15.0. The van der Waals surface area contributed by atoms with E-state index >= 15 is 0 Å². The molecule has 1 aliphatic heterocycles. The van der Waals surface area contributed by atoms with Gasteiger partial charge >= 0.3 is 5.97 Å². The van der Waals surface area contributed by atoms with Crippen LogP contribution in [0.4, 0.5) is 0 Å². The molecule has 6 nitrogen and oxygen atoms in total. The van der Waals surface area contributed by atoms with Crippen LogP contribution in [0, 0.1) is 0 Å². The molecule has 0 radical (unpaired) electrons. The minimum absolute atomic E-state index is 0.127. The molecule has 1 heterocycles. The van der Waals surface area contributed by atoms with E-state index in [1.807, 2.05) is 0 Å². The Bertz CT molecular complexity index is 724. The molecule has 23 heavy (non-hydrogen) atoms. The molecule has 1 aliphatic rings. The number of aromatic hydroxyl groups is 1. The first-order valence-electron chi connectivity index (χ1n) is 7.06. The first kappa shape index (κ1) is 15.0. The van der Waals surface area contributed by atoms with E-state index in [0.717, 1.165) is 5.56 Å². The molecule has 0 spiro atoms. The molecule has 6 heteroatoms. The highest BCUT2D eigenvalue weighted by Gasteiger charge is 2.36. The van der Waals surface area contributed by atoms with Crippen LogP contribution in [0.1, 0.15) is 12.5 Å². The Morgan fingerprint density at radius 2 is 1.87 bits per heavy atom. The molecule has 0 fully saturated rings. The van der Waals surface area contributed by atoms with Gasteiger partial charge in [0, 0.05) is 12.5 Å². The maximum absolute atomic E-state index is 11.7. The topological polar surface area (TPSA) is 85.2 Å². The molecule has 1 atom stereocenters. The summed E-state index contributed by atoms with van der Waals surface area (Å²) >= 11 is 0. The number of aliphatic carboxylic acids is 1. The van der Waals surface area contributed by atoms with Crippen molar-refractivity contribution in [3.63, 3.8) is 0 Å². The van der Waals surface area contributed by atoms with Gasteiger partial charge in [-0.2, -0.15) is 0 Å². The summed E-state index contributed by atoms with van der Waals surface area (Å²) in [5.41, 5.74) is -0.710. The van der Waals surface area contributed by atoms with Crippen molar-refractivity contribution < 1.29 is 29.2 Å². The first-order valence-corrected chi connectivity index (χ1v) is 7.06. The van der Waals surface area contributed by atoms with Gasteiger partial charge in [-0.25, -0.2) is 4.79 Å². The van der Waals surface area contributed by atoms with E-state index in [4.69, 9.17) is 14.2 Å². The van der Waals surface area contributed by atoms with Gasteiger partial charge in [0.25, 0.3) is 0 Å². The van der Waals surface area contributed by atoms with Gasteiger partial charge in [-0.15, -0.1) is 0 Å². The van der Waals surface area contributed by atoms with E-state index < -0.39 is 11.6 Å². The lowest BCUT2D eigenvalue weighted by Gasteiger charge is -2.26. The molecule has 2 aromatic carbocycles.